The smallest absolute Gasteiger partial charge is 0.243 e. The minimum absolute atomic E-state index is 0.0708. The first-order valence-corrected chi connectivity index (χ1v) is 4.61. The number of rotatable bonds is 2. The Morgan fingerprint density at radius 1 is 1.54 bits per heavy atom. The topological polar surface area (TPSA) is 32.3 Å². The molecule has 1 amide bonds. The summed E-state index contributed by atoms with van der Waals surface area (Å²) < 4.78 is 0. The summed E-state index contributed by atoms with van der Waals surface area (Å²) in [5, 5.41) is 2.87. The van der Waals surface area contributed by atoms with Crippen LogP contribution < -0.4 is 5.32 Å². The molecule has 3 heteroatoms. The number of likely N-dealkylation sites (tertiary alicyclic amines) is 1. The van der Waals surface area contributed by atoms with E-state index in [9.17, 15) is 4.79 Å². The van der Waals surface area contributed by atoms with Crippen molar-refractivity contribution in [2.75, 3.05) is 13.1 Å². The van der Waals surface area contributed by atoms with Gasteiger partial charge in [0.2, 0.25) is 5.91 Å². The molecule has 0 aliphatic carbocycles. The van der Waals surface area contributed by atoms with Gasteiger partial charge in [-0.25, -0.2) is 0 Å². The Bertz CT molecular complexity index is 211. The van der Waals surface area contributed by atoms with Gasteiger partial charge in [-0.3, -0.25) is 9.69 Å². The molecule has 74 valence electrons. The normalized spacial score (nSPS) is 19.3. The van der Waals surface area contributed by atoms with E-state index in [1.165, 1.54) is 6.08 Å². The van der Waals surface area contributed by atoms with E-state index in [2.05, 4.69) is 37.6 Å². The van der Waals surface area contributed by atoms with Gasteiger partial charge in [-0.2, -0.15) is 0 Å². The van der Waals surface area contributed by atoms with E-state index in [0.717, 1.165) is 13.1 Å². The maximum atomic E-state index is 10.9. The Labute approximate surface area is 79.8 Å². The summed E-state index contributed by atoms with van der Waals surface area (Å²) in [6, 6.07) is 0.310. The molecule has 0 spiro atoms. The Kier molecular flexibility index (Phi) is 2.76. The van der Waals surface area contributed by atoms with Crippen LogP contribution in [0.3, 0.4) is 0 Å². The minimum Gasteiger partial charge on any atom is -0.347 e. The summed E-state index contributed by atoms with van der Waals surface area (Å²) >= 11 is 0. The first kappa shape index (κ1) is 10.3. The predicted molar refractivity (Wildman–Crippen MR) is 53.5 cm³/mol. The highest BCUT2D eigenvalue weighted by Gasteiger charge is 2.34. The second kappa shape index (κ2) is 3.50. The van der Waals surface area contributed by atoms with Crippen molar-refractivity contribution in [2.24, 2.45) is 0 Å². The summed E-state index contributed by atoms with van der Waals surface area (Å²) in [5.74, 6) is -0.0708. The van der Waals surface area contributed by atoms with Gasteiger partial charge in [0.05, 0.1) is 6.04 Å². The molecule has 1 aliphatic heterocycles. The van der Waals surface area contributed by atoms with Crippen LogP contribution >= 0.6 is 0 Å². The van der Waals surface area contributed by atoms with E-state index >= 15 is 0 Å². The van der Waals surface area contributed by atoms with Crippen molar-refractivity contribution >= 4 is 5.91 Å². The fourth-order valence-corrected chi connectivity index (χ4v) is 1.38. The highest BCUT2D eigenvalue weighted by Crippen LogP contribution is 2.20. The quantitative estimate of drug-likeness (QED) is 0.640. The van der Waals surface area contributed by atoms with Crippen molar-refractivity contribution in [3.8, 4) is 0 Å². The highest BCUT2D eigenvalue weighted by atomic mass is 16.1. The van der Waals surface area contributed by atoms with E-state index < -0.39 is 0 Å². The standard InChI is InChI=1S/C10H18N2O/c1-5-9(13)11-8-6-12(7-8)10(2,3)4/h5,8H,1,6-7H2,2-4H3,(H,11,13). The fourth-order valence-electron chi connectivity index (χ4n) is 1.38. The van der Waals surface area contributed by atoms with Crippen LogP contribution in [0.25, 0.3) is 0 Å². The van der Waals surface area contributed by atoms with Crippen LogP contribution in [0.1, 0.15) is 20.8 Å². The first-order chi connectivity index (χ1) is 5.93. The second-order valence-electron chi connectivity index (χ2n) is 4.49. The summed E-state index contributed by atoms with van der Waals surface area (Å²) in [6.07, 6.45) is 1.32. The zero-order valence-corrected chi connectivity index (χ0v) is 8.63. The van der Waals surface area contributed by atoms with E-state index in [-0.39, 0.29) is 11.4 Å². The molecule has 0 aromatic rings. The van der Waals surface area contributed by atoms with Crippen molar-refractivity contribution in [3.63, 3.8) is 0 Å². The molecule has 0 saturated carbocycles. The second-order valence-corrected chi connectivity index (χ2v) is 4.49. The molecular weight excluding hydrogens is 164 g/mol. The lowest BCUT2D eigenvalue weighted by Crippen LogP contribution is -2.64. The third-order valence-electron chi connectivity index (χ3n) is 2.36. The lowest BCUT2D eigenvalue weighted by Gasteiger charge is -2.47. The number of hydrogen-bond donors (Lipinski definition) is 1. The summed E-state index contributed by atoms with van der Waals surface area (Å²) in [4.78, 5) is 13.3. The molecule has 0 bridgehead atoms. The van der Waals surface area contributed by atoms with E-state index in [1.807, 2.05) is 0 Å². The van der Waals surface area contributed by atoms with Crippen LogP contribution in [0, 0.1) is 0 Å². The van der Waals surface area contributed by atoms with Crippen LogP contribution in [0.4, 0.5) is 0 Å². The maximum absolute atomic E-state index is 10.9. The molecule has 0 unspecified atom stereocenters. The molecule has 0 radical (unpaired) electrons. The Morgan fingerprint density at radius 2 is 2.08 bits per heavy atom. The molecule has 1 fully saturated rings. The van der Waals surface area contributed by atoms with Crippen LogP contribution in [-0.4, -0.2) is 35.5 Å². The SMILES string of the molecule is C=CC(=O)NC1CN(C(C)(C)C)C1. The first-order valence-electron chi connectivity index (χ1n) is 4.61. The summed E-state index contributed by atoms with van der Waals surface area (Å²) in [5.41, 5.74) is 0.218. The van der Waals surface area contributed by atoms with Crippen molar-refractivity contribution < 1.29 is 4.79 Å². The molecular formula is C10H18N2O. The Hall–Kier alpha value is -0.830. The fraction of sp³-hybridized carbons (Fsp3) is 0.700. The van der Waals surface area contributed by atoms with Crippen molar-refractivity contribution in [2.45, 2.75) is 32.4 Å². The van der Waals surface area contributed by atoms with Crippen molar-refractivity contribution in [3.05, 3.63) is 12.7 Å². The van der Waals surface area contributed by atoms with Gasteiger partial charge < -0.3 is 5.32 Å². The Balaban J connectivity index is 2.26. The van der Waals surface area contributed by atoms with Gasteiger partial charge in [0.15, 0.2) is 0 Å². The molecule has 1 heterocycles. The third-order valence-corrected chi connectivity index (χ3v) is 2.36. The predicted octanol–water partition coefficient (Wildman–Crippen LogP) is 0.771. The monoisotopic (exact) mass is 182 g/mol. The van der Waals surface area contributed by atoms with Gasteiger partial charge in [0.1, 0.15) is 0 Å². The van der Waals surface area contributed by atoms with E-state index in [1.54, 1.807) is 0 Å². The average molecular weight is 182 g/mol. The van der Waals surface area contributed by atoms with Gasteiger partial charge in [0, 0.05) is 18.6 Å². The maximum Gasteiger partial charge on any atom is 0.243 e. The number of carbonyl (C=O) groups excluding carboxylic acids is 1. The van der Waals surface area contributed by atoms with E-state index in [0.29, 0.717) is 6.04 Å². The number of nitrogens with one attached hydrogen (secondary N) is 1. The third kappa shape index (κ3) is 2.56. The van der Waals surface area contributed by atoms with Crippen molar-refractivity contribution in [1.82, 2.24) is 10.2 Å². The summed E-state index contributed by atoms with van der Waals surface area (Å²) in [7, 11) is 0. The number of hydrogen-bond acceptors (Lipinski definition) is 2. The summed E-state index contributed by atoms with van der Waals surface area (Å²) in [6.45, 7) is 11.8. The molecule has 1 N–H and O–H groups in total. The van der Waals surface area contributed by atoms with E-state index in [4.69, 9.17) is 0 Å². The van der Waals surface area contributed by atoms with Crippen LogP contribution in [0.2, 0.25) is 0 Å². The average Bonchev–Trinajstić information content (AvgIpc) is 1.92. The number of carbonyl (C=O) groups is 1. The lowest BCUT2D eigenvalue weighted by molar-refractivity contribution is -0.118. The molecule has 1 rings (SSSR count). The molecule has 0 atom stereocenters. The molecule has 0 aromatic carbocycles. The van der Waals surface area contributed by atoms with Gasteiger partial charge in [-0.15, -0.1) is 0 Å². The minimum atomic E-state index is -0.0708. The van der Waals surface area contributed by atoms with Gasteiger partial charge in [-0.05, 0) is 26.8 Å². The van der Waals surface area contributed by atoms with Gasteiger partial charge in [-0.1, -0.05) is 6.58 Å². The van der Waals surface area contributed by atoms with Gasteiger partial charge >= 0.3 is 0 Å². The molecule has 1 saturated heterocycles. The zero-order chi connectivity index (χ0) is 10.1. The number of nitrogens with zero attached hydrogens (tertiary/aromatic N) is 1. The molecule has 1 aliphatic rings. The largest absolute Gasteiger partial charge is 0.347 e. The van der Waals surface area contributed by atoms with Crippen molar-refractivity contribution in [1.29, 1.82) is 0 Å². The highest BCUT2D eigenvalue weighted by molar-refractivity contribution is 5.87. The van der Waals surface area contributed by atoms with Crippen LogP contribution in [0.5, 0.6) is 0 Å². The lowest BCUT2D eigenvalue weighted by atomic mass is 9.98. The van der Waals surface area contributed by atoms with Gasteiger partial charge in [0.25, 0.3) is 0 Å². The van der Waals surface area contributed by atoms with Crippen LogP contribution in [0.15, 0.2) is 12.7 Å². The molecule has 13 heavy (non-hydrogen) atoms. The Morgan fingerprint density at radius 3 is 2.46 bits per heavy atom. The van der Waals surface area contributed by atoms with Crippen LogP contribution in [-0.2, 0) is 4.79 Å². The molecule has 3 nitrogen and oxygen atoms in total. The number of amides is 1. The molecule has 0 aromatic heterocycles. The zero-order valence-electron chi connectivity index (χ0n) is 8.63.